The van der Waals surface area contributed by atoms with E-state index < -0.39 is 0 Å². The molecule has 132 valence electrons. The summed E-state index contributed by atoms with van der Waals surface area (Å²) in [6, 6.07) is 4.85. The second kappa shape index (κ2) is 7.83. The van der Waals surface area contributed by atoms with Crippen LogP contribution in [0.25, 0.3) is 0 Å². The average molecular weight is 330 g/mol. The number of likely N-dealkylation sites (N-methyl/N-ethyl adjacent to an activating group) is 1. The summed E-state index contributed by atoms with van der Waals surface area (Å²) in [4.78, 5) is 14.0. The molecule has 0 aromatic carbocycles. The predicted octanol–water partition coefficient (Wildman–Crippen LogP) is 1.30. The molecule has 1 saturated heterocycles. The minimum absolute atomic E-state index is 0.584. The third kappa shape index (κ3) is 4.60. The van der Waals surface area contributed by atoms with Gasteiger partial charge >= 0.3 is 0 Å². The molecule has 24 heavy (non-hydrogen) atoms. The van der Waals surface area contributed by atoms with Crippen molar-refractivity contribution in [2.75, 3.05) is 44.7 Å². The number of hydrogen-bond acceptors (Lipinski definition) is 4. The summed E-state index contributed by atoms with van der Waals surface area (Å²) in [6.07, 6.45) is 3.20. The summed E-state index contributed by atoms with van der Waals surface area (Å²) in [5.74, 6) is 2.75. The summed E-state index contributed by atoms with van der Waals surface area (Å²) < 4.78 is 0. The van der Waals surface area contributed by atoms with Gasteiger partial charge in [0.2, 0.25) is 0 Å². The molecule has 6 heteroatoms. The fourth-order valence-corrected chi connectivity index (χ4v) is 2.92. The topological polar surface area (TPSA) is 55.8 Å². The molecule has 2 atom stereocenters. The maximum Gasteiger partial charge on any atom is 0.191 e. The molecule has 2 aliphatic rings. The number of piperazine rings is 1. The number of aromatic nitrogens is 1. The van der Waals surface area contributed by atoms with Gasteiger partial charge in [0.1, 0.15) is 5.82 Å². The minimum Gasteiger partial charge on any atom is -0.357 e. The predicted molar refractivity (Wildman–Crippen MR) is 99.5 cm³/mol. The number of rotatable bonds is 5. The summed E-state index contributed by atoms with van der Waals surface area (Å²) in [6.45, 7) is 10.2. The lowest BCUT2D eigenvalue weighted by atomic mass is 10.2. The molecule has 2 N–H and O–H groups in total. The number of guanidine groups is 1. The van der Waals surface area contributed by atoms with Gasteiger partial charge in [-0.05, 0) is 37.9 Å². The summed E-state index contributed by atoms with van der Waals surface area (Å²) in [5.41, 5.74) is 1.15. The second-order valence-electron chi connectivity index (χ2n) is 6.97. The molecule has 2 unspecified atom stereocenters. The van der Waals surface area contributed by atoms with E-state index >= 15 is 0 Å². The Morgan fingerprint density at radius 1 is 1.29 bits per heavy atom. The van der Waals surface area contributed by atoms with E-state index in [-0.39, 0.29) is 0 Å². The zero-order valence-corrected chi connectivity index (χ0v) is 15.1. The van der Waals surface area contributed by atoms with Crippen molar-refractivity contribution in [3.05, 3.63) is 23.9 Å². The highest BCUT2D eigenvalue weighted by Gasteiger charge is 2.33. The molecule has 2 fully saturated rings. The molecular formula is C18H30N6. The minimum atomic E-state index is 0.584. The first-order valence-electron chi connectivity index (χ1n) is 9.09. The van der Waals surface area contributed by atoms with Crippen molar-refractivity contribution in [1.29, 1.82) is 0 Å². The van der Waals surface area contributed by atoms with Gasteiger partial charge in [0.05, 0.1) is 6.54 Å². The molecular weight excluding hydrogens is 300 g/mol. The van der Waals surface area contributed by atoms with Gasteiger partial charge in [-0.2, -0.15) is 0 Å². The van der Waals surface area contributed by atoms with E-state index in [1.54, 1.807) is 0 Å². The third-order valence-electron chi connectivity index (χ3n) is 4.83. The molecule has 0 bridgehead atoms. The van der Waals surface area contributed by atoms with Crippen LogP contribution in [0.1, 0.15) is 25.8 Å². The van der Waals surface area contributed by atoms with Gasteiger partial charge < -0.3 is 20.4 Å². The molecule has 0 amide bonds. The highest BCUT2D eigenvalue weighted by molar-refractivity contribution is 5.80. The number of pyridine rings is 1. The Kier molecular flexibility index (Phi) is 5.56. The van der Waals surface area contributed by atoms with Crippen LogP contribution in [0.15, 0.2) is 23.3 Å². The Labute approximate surface area is 145 Å². The van der Waals surface area contributed by atoms with Crippen LogP contribution in [-0.2, 0) is 6.54 Å². The molecule has 2 heterocycles. The molecule has 3 rings (SSSR count). The standard InChI is InChI=1S/C18H30N6/c1-4-19-18(22-16-11-14(16)2)21-13-15-5-6-17(20-12-15)24-9-7-23(3)8-10-24/h5-6,12,14,16H,4,7-11,13H2,1-3H3,(H2,19,21,22). The van der Waals surface area contributed by atoms with Crippen molar-refractivity contribution in [3.63, 3.8) is 0 Å². The van der Waals surface area contributed by atoms with Crippen LogP contribution in [0, 0.1) is 5.92 Å². The lowest BCUT2D eigenvalue weighted by molar-refractivity contribution is 0.312. The van der Waals surface area contributed by atoms with Crippen LogP contribution in [0.4, 0.5) is 5.82 Å². The lowest BCUT2D eigenvalue weighted by Gasteiger charge is -2.33. The molecule has 1 aliphatic carbocycles. The molecule has 6 nitrogen and oxygen atoms in total. The van der Waals surface area contributed by atoms with E-state index in [0.717, 1.165) is 56.0 Å². The van der Waals surface area contributed by atoms with Gasteiger partial charge in [0.25, 0.3) is 0 Å². The van der Waals surface area contributed by atoms with Crippen molar-refractivity contribution in [3.8, 4) is 0 Å². The summed E-state index contributed by atoms with van der Waals surface area (Å²) in [5, 5.41) is 6.80. The van der Waals surface area contributed by atoms with Gasteiger partial charge in [0.15, 0.2) is 5.96 Å². The number of nitrogens with zero attached hydrogens (tertiary/aromatic N) is 4. The number of hydrogen-bond donors (Lipinski definition) is 2. The Bertz CT molecular complexity index is 547. The Hall–Kier alpha value is -1.82. The lowest BCUT2D eigenvalue weighted by Crippen LogP contribution is -2.44. The molecule has 0 radical (unpaired) electrons. The van der Waals surface area contributed by atoms with Gasteiger partial charge in [-0.1, -0.05) is 13.0 Å². The normalized spacial score (nSPS) is 24.8. The van der Waals surface area contributed by atoms with Crippen LogP contribution in [0.3, 0.4) is 0 Å². The first-order chi connectivity index (χ1) is 11.7. The maximum absolute atomic E-state index is 4.68. The van der Waals surface area contributed by atoms with Crippen molar-refractivity contribution >= 4 is 11.8 Å². The molecule has 1 aromatic heterocycles. The number of anilines is 1. The molecule has 1 aliphatic heterocycles. The van der Waals surface area contributed by atoms with E-state index in [4.69, 9.17) is 0 Å². The van der Waals surface area contributed by atoms with E-state index in [0.29, 0.717) is 12.6 Å². The van der Waals surface area contributed by atoms with Gasteiger partial charge in [-0.15, -0.1) is 0 Å². The Balaban J connectivity index is 1.55. The fraction of sp³-hybridized carbons (Fsp3) is 0.667. The van der Waals surface area contributed by atoms with Crippen molar-refractivity contribution in [2.45, 2.75) is 32.9 Å². The monoisotopic (exact) mass is 330 g/mol. The Morgan fingerprint density at radius 2 is 2.04 bits per heavy atom. The van der Waals surface area contributed by atoms with Crippen LogP contribution >= 0.6 is 0 Å². The van der Waals surface area contributed by atoms with Crippen LogP contribution in [0.5, 0.6) is 0 Å². The third-order valence-corrected chi connectivity index (χ3v) is 4.83. The van der Waals surface area contributed by atoms with Crippen molar-refractivity contribution in [2.24, 2.45) is 10.9 Å². The first kappa shape index (κ1) is 17.0. The smallest absolute Gasteiger partial charge is 0.191 e. The molecule has 0 spiro atoms. The SMILES string of the molecule is CCNC(=NCc1ccc(N2CCN(C)CC2)nc1)NC1CC1C. The average Bonchev–Trinajstić information content (AvgIpc) is 3.29. The summed E-state index contributed by atoms with van der Waals surface area (Å²) >= 11 is 0. The first-order valence-corrected chi connectivity index (χ1v) is 9.09. The van der Waals surface area contributed by atoms with Crippen LogP contribution < -0.4 is 15.5 Å². The zero-order valence-electron chi connectivity index (χ0n) is 15.1. The van der Waals surface area contributed by atoms with Gasteiger partial charge in [0, 0.05) is 45.0 Å². The van der Waals surface area contributed by atoms with Gasteiger partial charge in [-0.25, -0.2) is 9.98 Å². The zero-order chi connectivity index (χ0) is 16.9. The Morgan fingerprint density at radius 3 is 2.62 bits per heavy atom. The van der Waals surface area contributed by atoms with Crippen LogP contribution in [0.2, 0.25) is 0 Å². The molecule has 1 saturated carbocycles. The van der Waals surface area contributed by atoms with Crippen LogP contribution in [-0.4, -0.2) is 61.7 Å². The maximum atomic E-state index is 4.68. The molecule has 1 aromatic rings. The van der Waals surface area contributed by atoms with Gasteiger partial charge in [-0.3, -0.25) is 0 Å². The van der Waals surface area contributed by atoms with E-state index in [2.05, 4.69) is 63.4 Å². The highest BCUT2D eigenvalue weighted by Crippen LogP contribution is 2.28. The largest absolute Gasteiger partial charge is 0.357 e. The highest BCUT2D eigenvalue weighted by atomic mass is 15.3. The van der Waals surface area contributed by atoms with E-state index in [1.165, 1.54) is 6.42 Å². The van der Waals surface area contributed by atoms with E-state index in [1.807, 2.05) is 6.20 Å². The second-order valence-corrected chi connectivity index (χ2v) is 6.97. The van der Waals surface area contributed by atoms with Crippen molar-refractivity contribution in [1.82, 2.24) is 20.5 Å². The quantitative estimate of drug-likeness (QED) is 0.629. The fourth-order valence-electron chi connectivity index (χ4n) is 2.92. The number of nitrogens with one attached hydrogen (secondary N) is 2. The summed E-state index contributed by atoms with van der Waals surface area (Å²) in [7, 11) is 2.17. The van der Waals surface area contributed by atoms with Crippen molar-refractivity contribution < 1.29 is 0 Å². The number of aliphatic imine (C=N–C) groups is 1. The van der Waals surface area contributed by atoms with E-state index in [9.17, 15) is 0 Å².